The fraction of sp³-hybridized carbons (Fsp3) is 0.308. The highest BCUT2D eigenvalue weighted by molar-refractivity contribution is 5.90. The Morgan fingerprint density at radius 2 is 1.93 bits per heavy atom. The summed E-state index contributed by atoms with van der Waals surface area (Å²) < 4.78 is 4.96. The molecule has 0 aliphatic carbocycles. The number of ether oxygens (including phenoxy) is 1. The van der Waals surface area contributed by atoms with Crippen LogP contribution in [0.4, 0.5) is 0 Å². The molecule has 0 saturated carbocycles. The lowest BCUT2D eigenvalue weighted by Crippen LogP contribution is -2.14. The van der Waals surface area contributed by atoms with Gasteiger partial charge in [-0.3, -0.25) is 0 Å². The van der Waals surface area contributed by atoms with Crippen molar-refractivity contribution in [3.05, 3.63) is 24.8 Å². The molecule has 0 atom stereocenters. The molecule has 0 amide bonds. The van der Waals surface area contributed by atoms with Crippen molar-refractivity contribution in [3.8, 4) is 24.7 Å². The van der Waals surface area contributed by atoms with Crippen molar-refractivity contribution in [2.75, 3.05) is 6.61 Å². The zero-order valence-electron chi connectivity index (χ0n) is 8.66. The minimum absolute atomic E-state index is 0.0153. The second kappa shape index (κ2) is 7.47. The number of hydrogen-bond donors (Lipinski definition) is 0. The van der Waals surface area contributed by atoms with E-state index < -0.39 is 5.97 Å². The van der Waals surface area contributed by atoms with Crippen LogP contribution in [0, 0.1) is 30.6 Å². The lowest BCUT2D eigenvalue weighted by molar-refractivity contribution is -0.139. The summed E-state index contributed by atoms with van der Waals surface area (Å²) in [6.45, 7) is 7.11. The van der Waals surface area contributed by atoms with E-state index in [2.05, 4.69) is 25.0 Å². The van der Waals surface area contributed by atoms with Gasteiger partial charge in [-0.1, -0.05) is 19.2 Å². The van der Waals surface area contributed by atoms with Crippen molar-refractivity contribution in [1.82, 2.24) is 0 Å². The summed E-state index contributed by atoms with van der Waals surface area (Å²) >= 11 is 0. The predicted octanol–water partition coefficient (Wildman–Crippen LogP) is 1.93. The molecule has 0 radical (unpaired) electrons. The Morgan fingerprint density at radius 3 is 2.33 bits per heavy atom. The van der Waals surface area contributed by atoms with E-state index in [9.17, 15) is 4.79 Å². The molecule has 0 aromatic rings. The molecular weight excluding hydrogens is 188 g/mol. The molecular formula is C13H14O2. The van der Waals surface area contributed by atoms with Crippen molar-refractivity contribution in [2.45, 2.75) is 12.8 Å². The Kier molecular flexibility index (Phi) is 6.51. The maximum absolute atomic E-state index is 11.2. The SMILES string of the molecule is C#CCC(CC#C)COC(=O)C(=C)C=C. The smallest absolute Gasteiger partial charge is 0.337 e. The second-order valence-corrected chi connectivity index (χ2v) is 3.01. The summed E-state index contributed by atoms with van der Waals surface area (Å²) in [5, 5.41) is 0. The van der Waals surface area contributed by atoms with Gasteiger partial charge in [-0.2, -0.15) is 0 Å². The Bertz CT molecular complexity index is 309. The molecule has 0 spiro atoms. The first-order valence-corrected chi connectivity index (χ1v) is 4.51. The molecule has 0 heterocycles. The van der Waals surface area contributed by atoms with Gasteiger partial charge in [-0.15, -0.1) is 24.7 Å². The fourth-order valence-corrected chi connectivity index (χ4v) is 0.893. The predicted molar refractivity (Wildman–Crippen MR) is 60.7 cm³/mol. The van der Waals surface area contributed by atoms with Gasteiger partial charge in [0.1, 0.15) is 0 Å². The molecule has 0 rings (SSSR count). The van der Waals surface area contributed by atoms with Gasteiger partial charge in [0.15, 0.2) is 0 Å². The molecule has 2 nitrogen and oxygen atoms in total. The summed E-state index contributed by atoms with van der Waals surface area (Å²) in [6, 6.07) is 0. The first-order valence-electron chi connectivity index (χ1n) is 4.51. The molecule has 15 heavy (non-hydrogen) atoms. The lowest BCUT2D eigenvalue weighted by atomic mass is 10.0. The van der Waals surface area contributed by atoms with E-state index in [1.807, 2.05) is 0 Å². The van der Waals surface area contributed by atoms with E-state index in [0.29, 0.717) is 12.8 Å². The summed E-state index contributed by atoms with van der Waals surface area (Å²) in [5.41, 5.74) is 0.232. The molecule has 0 aromatic heterocycles. The Hall–Kier alpha value is -1.93. The van der Waals surface area contributed by atoms with E-state index in [4.69, 9.17) is 17.6 Å². The minimum atomic E-state index is -0.482. The monoisotopic (exact) mass is 202 g/mol. The number of terminal acetylenes is 2. The summed E-state index contributed by atoms with van der Waals surface area (Å²) in [4.78, 5) is 11.2. The van der Waals surface area contributed by atoms with Crippen molar-refractivity contribution < 1.29 is 9.53 Å². The van der Waals surface area contributed by atoms with Crippen LogP contribution in [-0.4, -0.2) is 12.6 Å². The minimum Gasteiger partial charge on any atom is -0.462 e. The highest BCUT2D eigenvalue weighted by Gasteiger charge is 2.10. The van der Waals surface area contributed by atoms with Crippen LogP contribution in [-0.2, 0) is 9.53 Å². The van der Waals surface area contributed by atoms with Gasteiger partial charge in [-0.25, -0.2) is 4.79 Å². The van der Waals surface area contributed by atoms with Gasteiger partial charge in [0.2, 0.25) is 0 Å². The highest BCUT2D eigenvalue weighted by Crippen LogP contribution is 2.08. The maximum Gasteiger partial charge on any atom is 0.337 e. The molecule has 0 unspecified atom stereocenters. The molecule has 78 valence electrons. The largest absolute Gasteiger partial charge is 0.462 e. The molecule has 0 N–H and O–H groups in total. The number of rotatable bonds is 6. The third-order valence-corrected chi connectivity index (χ3v) is 1.77. The van der Waals surface area contributed by atoms with Gasteiger partial charge in [-0.05, 0) is 0 Å². The van der Waals surface area contributed by atoms with Gasteiger partial charge in [0.25, 0.3) is 0 Å². The fourth-order valence-electron chi connectivity index (χ4n) is 0.893. The number of carbonyl (C=O) groups excluding carboxylic acids is 1. The van der Waals surface area contributed by atoms with E-state index >= 15 is 0 Å². The Balaban J connectivity index is 4.06. The summed E-state index contributed by atoms with van der Waals surface area (Å²) in [6.07, 6.45) is 12.7. The van der Waals surface area contributed by atoms with Crippen molar-refractivity contribution in [2.24, 2.45) is 5.92 Å². The molecule has 0 saturated heterocycles. The van der Waals surface area contributed by atoms with Crippen LogP contribution >= 0.6 is 0 Å². The van der Waals surface area contributed by atoms with Crippen molar-refractivity contribution >= 4 is 5.97 Å². The van der Waals surface area contributed by atoms with Gasteiger partial charge in [0.05, 0.1) is 12.2 Å². The molecule has 2 heteroatoms. The van der Waals surface area contributed by atoms with E-state index in [1.165, 1.54) is 6.08 Å². The normalized spacial score (nSPS) is 8.73. The molecule has 0 aliphatic rings. The molecule has 0 fully saturated rings. The summed E-state index contributed by atoms with van der Waals surface area (Å²) in [7, 11) is 0. The van der Waals surface area contributed by atoms with Crippen LogP contribution in [0.5, 0.6) is 0 Å². The number of esters is 1. The van der Waals surface area contributed by atoms with Crippen LogP contribution in [0.25, 0.3) is 0 Å². The highest BCUT2D eigenvalue weighted by atomic mass is 16.5. The zero-order valence-corrected chi connectivity index (χ0v) is 8.66. The quantitative estimate of drug-likeness (QED) is 0.285. The third kappa shape index (κ3) is 5.39. The maximum atomic E-state index is 11.2. The van der Waals surface area contributed by atoms with E-state index in [1.54, 1.807) is 0 Å². The van der Waals surface area contributed by atoms with Crippen molar-refractivity contribution in [3.63, 3.8) is 0 Å². The van der Waals surface area contributed by atoms with Crippen LogP contribution in [0.2, 0.25) is 0 Å². The van der Waals surface area contributed by atoms with Gasteiger partial charge < -0.3 is 4.74 Å². The zero-order chi connectivity index (χ0) is 11.7. The van der Waals surface area contributed by atoms with Crippen LogP contribution < -0.4 is 0 Å². The second-order valence-electron chi connectivity index (χ2n) is 3.01. The topological polar surface area (TPSA) is 26.3 Å². The standard InChI is InChI=1S/C13H14O2/c1-5-8-12(9-6-2)10-15-13(14)11(4)7-3/h1-2,7,12H,3-4,8-10H2. The van der Waals surface area contributed by atoms with Crippen LogP contribution in [0.15, 0.2) is 24.8 Å². The van der Waals surface area contributed by atoms with E-state index in [-0.39, 0.29) is 18.1 Å². The van der Waals surface area contributed by atoms with Crippen LogP contribution in [0.1, 0.15) is 12.8 Å². The first-order chi connectivity index (χ1) is 7.15. The Morgan fingerprint density at radius 1 is 1.40 bits per heavy atom. The lowest BCUT2D eigenvalue weighted by Gasteiger charge is -2.11. The molecule has 0 aliphatic heterocycles. The number of hydrogen-bond acceptors (Lipinski definition) is 2. The van der Waals surface area contributed by atoms with Gasteiger partial charge >= 0.3 is 5.97 Å². The van der Waals surface area contributed by atoms with E-state index in [0.717, 1.165) is 0 Å². The van der Waals surface area contributed by atoms with Crippen molar-refractivity contribution in [1.29, 1.82) is 0 Å². The molecule has 0 aromatic carbocycles. The average molecular weight is 202 g/mol. The third-order valence-electron chi connectivity index (χ3n) is 1.77. The van der Waals surface area contributed by atoms with Crippen LogP contribution in [0.3, 0.4) is 0 Å². The van der Waals surface area contributed by atoms with Gasteiger partial charge in [0, 0.05) is 18.8 Å². The molecule has 0 bridgehead atoms. The summed E-state index contributed by atoms with van der Waals surface area (Å²) in [5.74, 6) is 4.51. The average Bonchev–Trinajstić information content (AvgIpc) is 2.25. The Labute approximate surface area is 91.0 Å². The first kappa shape index (κ1) is 13.1. The number of carbonyl (C=O) groups is 1.